The number of amides is 2. The molecule has 148 valence electrons. The van der Waals surface area contributed by atoms with Gasteiger partial charge in [-0.15, -0.1) is 0 Å². The van der Waals surface area contributed by atoms with Crippen LogP contribution in [0.2, 0.25) is 0 Å². The van der Waals surface area contributed by atoms with Gasteiger partial charge in [-0.3, -0.25) is 9.59 Å². The summed E-state index contributed by atoms with van der Waals surface area (Å²) in [4.78, 5) is 36.4. The SMILES string of the molecule is COC(=O)[C@@H](Cc1ccc(F)cc1)NC(=O)[C@H](Cc1ccccc1)NC(C)=O. The van der Waals surface area contributed by atoms with Crippen LogP contribution < -0.4 is 10.6 Å². The van der Waals surface area contributed by atoms with Gasteiger partial charge in [0.25, 0.3) is 0 Å². The Labute approximate surface area is 163 Å². The lowest BCUT2D eigenvalue weighted by Crippen LogP contribution is -2.53. The fourth-order valence-electron chi connectivity index (χ4n) is 2.77. The highest BCUT2D eigenvalue weighted by atomic mass is 19.1. The molecule has 0 spiro atoms. The molecule has 0 fully saturated rings. The van der Waals surface area contributed by atoms with Gasteiger partial charge in [-0.05, 0) is 23.3 Å². The first kappa shape index (κ1) is 21.1. The summed E-state index contributed by atoms with van der Waals surface area (Å²) in [7, 11) is 1.22. The van der Waals surface area contributed by atoms with Crippen LogP contribution in [0.3, 0.4) is 0 Å². The van der Waals surface area contributed by atoms with E-state index in [9.17, 15) is 18.8 Å². The minimum Gasteiger partial charge on any atom is -0.467 e. The van der Waals surface area contributed by atoms with Crippen molar-refractivity contribution in [2.45, 2.75) is 31.8 Å². The molecule has 0 saturated heterocycles. The van der Waals surface area contributed by atoms with Crippen molar-refractivity contribution in [1.29, 1.82) is 0 Å². The minimum absolute atomic E-state index is 0.136. The van der Waals surface area contributed by atoms with Crippen molar-refractivity contribution in [2.24, 2.45) is 0 Å². The predicted octanol–water partition coefficient (Wildman–Crippen LogP) is 1.77. The number of esters is 1. The van der Waals surface area contributed by atoms with Crippen LogP contribution in [0.25, 0.3) is 0 Å². The van der Waals surface area contributed by atoms with Crippen LogP contribution in [0.5, 0.6) is 0 Å². The maximum absolute atomic E-state index is 13.1. The number of halogens is 1. The molecule has 0 radical (unpaired) electrons. The lowest BCUT2D eigenvalue weighted by molar-refractivity contribution is -0.145. The topological polar surface area (TPSA) is 84.5 Å². The van der Waals surface area contributed by atoms with E-state index in [-0.39, 0.29) is 18.7 Å². The molecule has 0 aromatic heterocycles. The molecule has 0 unspecified atom stereocenters. The highest BCUT2D eigenvalue weighted by Crippen LogP contribution is 2.09. The van der Waals surface area contributed by atoms with Gasteiger partial charge in [-0.1, -0.05) is 42.5 Å². The largest absolute Gasteiger partial charge is 0.467 e. The van der Waals surface area contributed by atoms with Crippen LogP contribution >= 0.6 is 0 Å². The normalized spacial score (nSPS) is 12.5. The van der Waals surface area contributed by atoms with Crippen molar-refractivity contribution in [3.63, 3.8) is 0 Å². The van der Waals surface area contributed by atoms with E-state index >= 15 is 0 Å². The molecule has 2 atom stereocenters. The van der Waals surface area contributed by atoms with Crippen LogP contribution in [0.15, 0.2) is 54.6 Å². The molecule has 2 aromatic carbocycles. The number of carbonyl (C=O) groups excluding carboxylic acids is 3. The Hall–Kier alpha value is -3.22. The number of rotatable bonds is 8. The summed E-state index contributed by atoms with van der Waals surface area (Å²) >= 11 is 0. The smallest absolute Gasteiger partial charge is 0.328 e. The maximum Gasteiger partial charge on any atom is 0.328 e. The molecule has 0 aliphatic carbocycles. The molecule has 2 N–H and O–H groups in total. The van der Waals surface area contributed by atoms with Gasteiger partial charge >= 0.3 is 5.97 Å². The second-order valence-electron chi connectivity index (χ2n) is 6.36. The molecule has 0 bridgehead atoms. The van der Waals surface area contributed by atoms with Crippen LogP contribution in [0.1, 0.15) is 18.1 Å². The van der Waals surface area contributed by atoms with Crippen LogP contribution in [-0.4, -0.2) is 37.0 Å². The van der Waals surface area contributed by atoms with E-state index in [0.717, 1.165) is 5.56 Å². The Kier molecular flexibility index (Phi) is 7.68. The molecular formula is C21H23FN2O4. The average molecular weight is 386 g/mol. The van der Waals surface area contributed by atoms with Gasteiger partial charge in [0.1, 0.15) is 17.9 Å². The van der Waals surface area contributed by atoms with Crippen LogP contribution in [0.4, 0.5) is 4.39 Å². The molecule has 2 amide bonds. The summed E-state index contributed by atoms with van der Waals surface area (Å²) in [6.45, 7) is 1.32. The van der Waals surface area contributed by atoms with Gasteiger partial charge in [0.05, 0.1) is 7.11 Å². The summed E-state index contributed by atoms with van der Waals surface area (Å²) in [5, 5.41) is 5.24. The summed E-state index contributed by atoms with van der Waals surface area (Å²) < 4.78 is 17.9. The molecule has 0 heterocycles. The van der Waals surface area contributed by atoms with Crippen molar-refractivity contribution >= 4 is 17.8 Å². The zero-order valence-electron chi connectivity index (χ0n) is 15.8. The lowest BCUT2D eigenvalue weighted by atomic mass is 10.0. The third kappa shape index (κ3) is 6.50. The first-order chi connectivity index (χ1) is 13.4. The lowest BCUT2D eigenvalue weighted by Gasteiger charge is -2.22. The number of methoxy groups -OCH3 is 1. The number of carbonyl (C=O) groups is 3. The molecule has 6 nitrogen and oxygen atoms in total. The van der Waals surface area contributed by atoms with E-state index in [4.69, 9.17) is 4.74 Å². The van der Waals surface area contributed by atoms with Crippen molar-refractivity contribution in [3.05, 3.63) is 71.5 Å². The van der Waals surface area contributed by atoms with Gasteiger partial charge in [-0.2, -0.15) is 0 Å². The molecule has 0 aliphatic heterocycles. The van der Waals surface area contributed by atoms with Gasteiger partial charge in [-0.25, -0.2) is 9.18 Å². The Morgan fingerprint density at radius 1 is 0.893 bits per heavy atom. The number of hydrogen-bond donors (Lipinski definition) is 2. The van der Waals surface area contributed by atoms with Crippen LogP contribution in [0, 0.1) is 5.82 Å². The fourth-order valence-corrected chi connectivity index (χ4v) is 2.77. The molecule has 2 aromatic rings. The van der Waals surface area contributed by atoms with Crippen molar-refractivity contribution in [1.82, 2.24) is 10.6 Å². The molecule has 0 saturated carbocycles. The molecule has 0 aliphatic rings. The summed E-state index contributed by atoms with van der Waals surface area (Å²) in [5.41, 5.74) is 1.53. The Morgan fingerprint density at radius 3 is 2.04 bits per heavy atom. The summed E-state index contributed by atoms with van der Waals surface area (Å²) in [6.07, 6.45) is 0.410. The minimum atomic E-state index is -0.963. The van der Waals surface area contributed by atoms with Gasteiger partial charge in [0, 0.05) is 19.8 Å². The fraction of sp³-hybridized carbons (Fsp3) is 0.286. The second-order valence-corrected chi connectivity index (χ2v) is 6.36. The first-order valence-electron chi connectivity index (χ1n) is 8.82. The Balaban J connectivity index is 2.14. The average Bonchev–Trinajstić information content (AvgIpc) is 2.68. The predicted molar refractivity (Wildman–Crippen MR) is 102 cm³/mol. The highest BCUT2D eigenvalue weighted by Gasteiger charge is 2.27. The first-order valence-corrected chi connectivity index (χ1v) is 8.82. The van der Waals surface area contributed by atoms with Gasteiger partial charge < -0.3 is 15.4 Å². The van der Waals surface area contributed by atoms with E-state index < -0.39 is 29.8 Å². The van der Waals surface area contributed by atoms with E-state index in [1.165, 1.54) is 38.3 Å². The number of nitrogens with one attached hydrogen (secondary N) is 2. The molecule has 2 rings (SSSR count). The summed E-state index contributed by atoms with van der Waals surface area (Å²) in [5.74, 6) is -1.88. The quantitative estimate of drug-likeness (QED) is 0.678. The van der Waals surface area contributed by atoms with E-state index in [0.29, 0.717) is 5.56 Å². The monoisotopic (exact) mass is 386 g/mol. The van der Waals surface area contributed by atoms with E-state index in [1.54, 1.807) is 0 Å². The third-order valence-electron chi connectivity index (χ3n) is 4.13. The third-order valence-corrected chi connectivity index (χ3v) is 4.13. The highest BCUT2D eigenvalue weighted by molar-refractivity contribution is 5.90. The molecule has 28 heavy (non-hydrogen) atoms. The van der Waals surface area contributed by atoms with Gasteiger partial charge in [0.2, 0.25) is 11.8 Å². The van der Waals surface area contributed by atoms with Crippen molar-refractivity contribution < 1.29 is 23.5 Å². The van der Waals surface area contributed by atoms with Crippen molar-refractivity contribution in [2.75, 3.05) is 7.11 Å². The Morgan fingerprint density at radius 2 is 1.46 bits per heavy atom. The summed E-state index contributed by atoms with van der Waals surface area (Å²) in [6, 6.07) is 13.0. The van der Waals surface area contributed by atoms with Crippen molar-refractivity contribution in [3.8, 4) is 0 Å². The number of benzene rings is 2. The zero-order valence-corrected chi connectivity index (χ0v) is 15.8. The molecular weight excluding hydrogens is 363 g/mol. The standard InChI is InChI=1S/C21H23FN2O4/c1-14(25)23-18(12-15-6-4-3-5-7-15)20(26)24-19(21(27)28-2)13-16-8-10-17(22)11-9-16/h3-11,18-19H,12-13H2,1-2H3,(H,23,25)(H,24,26)/t18-,19+/m0/s1. The second kappa shape index (κ2) is 10.2. The number of ether oxygens (including phenoxy) is 1. The maximum atomic E-state index is 13.1. The number of hydrogen-bond acceptors (Lipinski definition) is 4. The van der Waals surface area contributed by atoms with Gasteiger partial charge in [0.15, 0.2) is 0 Å². The van der Waals surface area contributed by atoms with Crippen LogP contribution in [-0.2, 0) is 32.0 Å². The zero-order chi connectivity index (χ0) is 20.5. The molecule has 7 heteroatoms. The Bertz CT molecular complexity index is 809. The van der Waals surface area contributed by atoms with E-state index in [1.807, 2.05) is 30.3 Å². The van der Waals surface area contributed by atoms with E-state index in [2.05, 4.69) is 10.6 Å².